The SMILES string of the molecule is CC1CN(Cc2nc(-c3cccnc3)no2)CC(C)O1. The van der Waals surface area contributed by atoms with E-state index >= 15 is 0 Å². The molecule has 2 unspecified atom stereocenters. The minimum atomic E-state index is 0.236. The van der Waals surface area contributed by atoms with Crippen LogP contribution in [-0.4, -0.2) is 45.3 Å². The summed E-state index contributed by atoms with van der Waals surface area (Å²) in [4.78, 5) is 10.8. The molecule has 20 heavy (non-hydrogen) atoms. The molecule has 3 heterocycles. The Labute approximate surface area is 117 Å². The fraction of sp³-hybridized carbons (Fsp3) is 0.500. The highest BCUT2D eigenvalue weighted by atomic mass is 16.5. The summed E-state index contributed by atoms with van der Waals surface area (Å²) < 4.78 is 11.0. The topological polar surface area (TPSA) is 64.3 Å². The van der Waals surface area contributed by atoms with E-state index in [0.717, 1.165) is 18.7 Å². The van der Waals surface area contributed by atoms with Crippen molar-refractivity contribution in [1.29, 1.82) is 0 Å². The van der Waals surface area contributed by atoms with Crippen LogP contribution in [0.4, 0.5) is 0 Å². The molecule has 1 aliphatic heterocycles. The number of hydrogen-bond acceptors (Lipinski definition) is 6. The smallest absolute Gasteiger partial charge is 0.241 e. The van der Waals surface area contributed by atoms with E-state index in [4.69, 9.17) is 9.26 Å². The van der Waals surface area contributed by atoms with Gasteiger partial charge in [0.05, 0.1) is 18.8 Å². The van der Waals surface area contributed by atoms with Crippen LogP contribution in [0.1, 0.15) is 19.7 Å². The number of pyridine rings is 1. The third-order valence-electron chi connectivity index (χ3n) is 3.24. The Morgan fingerprint density at radius 1 is 1.30 bits per heavy atom. The molecule has 6 nitrogen and oxygen atoms in total. The Hall–Kier alpha value is -1.79. The van der Waals surface area contributed by atoms with E-state index in [2.05, 4.69) is 33.9 Å². The van der Waals surface area contributed by atoms with Crippen LogP contribution in [0.15, 0.2) is 29.0 Å². The van der Waals surface area contributed by atoms with Crippen LogP contribution in [0.5, 0.6) is 0 Å². The summed E-state index contributed by atoms with van der Waals surface area (Å²) in [6.07, 6.45) is 3.92. The lowest BCUT2D eigenvalue weighted by atomic mass is 10.2. The van der Waals surface area contributed by atoms with Crippen molar-refractivity contribution in [2.45, 2.75) is 32.6 Å². The second-order valence-corrected chi connectivity index (χ2v) is 5.20. The fourth-order valence-corrected chi connectivity index (χ4v) is 2.54. The average molecular weight is 274 g/mol. The third-order valence-corrected chi connectivity index (χ3v) is 3.24. The van der Waals surface area contributed by atoms with Crippen molar-refractivity contribution in [2.75, 3.05) is 13.1 Å². The molecule has 2 aromatic heterocycles. The molecular weight excluding hydrogens is 256 g/mol. The molecule has 0 spiro atoms. The van der Waals surface area contributed by atoms with E-state index < -0.39 is 0 Å². The van der Waals surface area contributed by atoms with Crippen molar-refractivity contribution >= 4 is 0 Å². The second kappa shape index (κ2) is 5.68. The van der Waals surface area contributed by atoms with Gasteiger partial charge in [-0.05, 0) is 26.0 Å². The molecule has 0 radical (unpaired) electrons. The summed E-state index contributed by atoms with van der Waals surface area (Å²) in [6.45, 7) is 6.59. The van der Waals surface area contributed by atoms with Gasteiger partial charge < -0.3 is 9.26 Å². The van der Waals surface area contributed by atoms with E-state index in [-0.39, 0.29) is 12.2 Å². The number of aromatic nitrogens is 3. The molecule has 106 valence electrons. The largest absolute Gasteiger partial charge is 0.373 e. The molecule has 0 bridgehead atoms. The van der Waals surface area contributed by atoms with Crippen molar-refractivity contribution in [3.63, 3.8) is 0 Å². The van der Waals surface area contributed by atoms with Gasteiger partial charge in [0.1, 0.15) is 0 Å². The molecule has 0 aliphatic carbocycles. The standard InChI is InChI=1S/C14H18N4O2/c1-10-7-18(8-11(2)19-10)9-13-16-14(17-20-13)12-4-3-5-15-6-12/h3-6,10-11H,7-9H2,1-2H3. The van der Waals surface area contributed by atoms with Gasteiger partial charge in [-0.2, -0.15) is 4.98 Å². The third kappa shape index (κ3) is 3.02. The predicted octanol–water partition coefficient (Wildman–Crippen LogP) is 1.74. The quantitative estimate of drug-likeness (QED) is 0.849. The molecule has 2 atom stereocenters. The minimum Gasteiger partial charge on any atom is -0.373 e. The summed E-state index contributed by atoms with van der Waals surface area (Å²) in [5.74, 6) is 1.22. The molecule has 1 fully saturated rings. The van der Waals surface area contributed by atoms with E-state index in [1.54, 1.807) is 12.4 Å². The van der Waals surface area contributed by atoms with Crippen molar-refractivity contribution in [3.05, 3.63) is 30.4 Å². The minimum absolute atomic E-state index is 0.236. The molecule has 0 saturated carbocycles. The lowest BCUT2D eigenvalue weighted by Gasteiger charge is -2.34. The summed E-state index contributed by atoms with van der Waals surface area (Å²) in [6, 6.07) is 3.78. The van der Waals surface area contributed by atoms with Crippen molar-refractivity contribution in [1.82, 2.24) is 20.0 Å². The van der Waals surface area contributed by atoms with Crippen molar-refractivity contribution < 1.29 is 9.26 Å². The van der Waals surface area contributed by atoms with Crippen LogP contribution in [0, 0.1) is 0 Å². The molecule has 0 aromatic carbocycles. The lowest BCUT2D eigenvalue weighted by molar-refractivity contribution is -0.0725. The molecule has 1 aliphatic rings. The van der Waals surface area contributed by atoms with Gasteiger partial charge in [0, 0.05) is 31.0 Å². The van der Waals surface area contributed by atoms with Crippen LogP contribution in [0.3, 0.4) is 0 Å². The van der Waals surface area contributed by atoms with Gasteiger partial charge in [0.2, 0.25) is 11.7 Å². The van der Waals surface area contributed by atoms with Crippen LogP contribution in [-0.2, 0) is 11.3 Å². The Morgan fingerprint density at radius 2 is 2.10 bits per heavy atom. The number of morpholine rings is 1. The monoisotopic (exact) mass is 274 g/mol. The van der Waals surface area contributed by atoms with Gasteiger partial charge in [-0.25, -0.2) is 0 Å². The molecule has 3 rings (SSSR count). The number of ether oxygens (including phenoxy) is 1. The maximum absolute atomic E-state index is 5.71. The number of rotatable bonds is 3. The van der Waals surface area contributed by atoms with E-state index in [0.29, 0.717) is 18.3 Å². The first-order chi connectivity index (χ1) is 9.70. The predicted molar refractivity (Wildman–Crippen MR) is 72.8 cm³/mol. The fourth-order valence-electron chi connectivity index (χ4n) is 2.54. The molecular formula is C14H18N4O2. The van der Waals surface area contributed by atoms with Crippen LogP contribution in [0.25, 0.3) is 11.4 Å². The van der Waals surface area contributed by atoms with Crippen LogP contribution >= 0.6 is 0 Å². The molecule has 0 amide bonds. The Balaban J connectivity index is 1.68. The first-order valence-electron chi connectivity index (χ1n) is 6.81. The maximum Gasteiger partial charge on any atom is 0.241 e. The summed E-state index contributed by atoms with van der Waals surface area (Å²) in [7, 11) is 0. The highest BCUT2D eigenvalue weighted by molar-refractivity contribution is 5.51. The molecule has 0 N–H and O–H groups in total. The number of hydrogen-bond donors (Lipinski definition) is 0. The zero-order valence-corrected chi connectivity index (χ0v) is 11.7. The summed E-state index contributed by atoms with van der Waals surface area (Å²) in [5.41, 5.74) is 0.867. The van der Waals surface area contributed by atoms with Gasteiger partial charge >= 0.3 is 0 Å². The zero-order chi connectivity index (χ0) is 13.9. The van der Waals surface area contributed by atoms with Crippen LogP contribution < -0.4 is 0 Å². The van der Waals surface area contributed by atoms with Gasteiger partial charge in [0.15, 0.2) is 0 Å². The van der Waals surface area contributed by atoms with Crippen molar-refractivity contribution in [2.24, 2.45) is 0 Å². The van der Waals surface area contributed by atoms with E-state index in [9.17, 15) is 0 Å². The van der Waals surface area contributed by atoms with Crippen LogP contribution in [0.2, 0.25) is 0 Å². The van der Waals surface area contributed by atoms with Gasteiger partial charge in [-0.3, -0.25) is 9.88 Å². The van der Waals surface area contributed by atoms with E-state index in [1.807, 2.05) is 12.1 Å². The first-order valence-corrected chi connectivity index (χ1v) is 6.81. The highest BCUT2D eigenvalue weighted by Crippen LogP contribution is 2.17. The van der Waals surface area contributed by atoms with Crippen molar-refractivity contribution in [3.8, 4) is 11.4 Å². The second-order valence-electron chi connectivity index (χ2n) is 5.20. The highest BCUT2D eigenvalue weighted by Gasteiger charge is 2.23. The molecule has 6 heteroatoms. The first kappa shape index (κ1) is 13.2. The normalized spacial score (nSPS) is 23.9. The molecule has 2 aromatic rings. The van der Waals surface area contributed by atoms with E-state index in [1.165, 1.54) is 0 Å². The maximum atomic E-state index is 5.71. The van der Waals surface area contributed by atoms with Gasteiger partial charge in [-0.1, -0.05) is 5.16 Å². The lowest BCUT2D eigenvalue weighted by Crippen LogP contribution is -2.44. The Bertz CT molecular complexity index is 547. The Morgan fingerprint density at radius 3 is 2.80 bits per heavy atom. The number of nitrogens with zero attached hydrogens (tertiary/aromatic N) is 4. The molecule has 1 saturated heterocycles. The summed E-state index contributed by atoms with van der Waals surface area (Å²) in [5, 5.41) is 4.01. The van der Waals surface area contributed by atoms with Gasteiger partial charge in [-0.15, -0.1) is 0 Å². The zero-order valence-electron chi connectivity index (χ0n) is 11.7. The Kier molecular flexibility index (Phi) is 3.75. The van der Waals surface area contributed by atoms with Gasteiger partial charge in [0.25, 0.3) is 0 Å². The average Bonchev–Trinajstić information content (AvgIpc) is 2.87. The summed E-state index contributed by atoms with van der Waals surface area (Å²) >= 11 is 0.